The average molecular weight is 173 g/mol. The second kappa shape index (κ2) is 2.58. The van der Waals surface area contributed by atoms with Gasteiger partial charge < -0.3 is 5.11 Å². The lowest BCUT2D eigenvalue weighted by Crippen LogP contribution is -2.20. The zero-order valence-corrected chi connectivity index (χ0v) is 7.76. The van der Waals surface area contributed by atoms with E-state index in [9.17, 15) is 5.11 Å². The van der Waals surface area contributed by atoms with Crippen molar-refractivity contribution in [3.63, 3.8) is 0 Å². The highest BCUT2D eigenvalue weighted by Gasteiger charge is 2.29. The number of rotatable bonds is 0. The molecule has 0 radical (unpaired) electrons. The van der Waals surface area contributed by atoms with Crippen molar-refractivity contribution in [1.82, 2.24) is 0 Å². The van der Waals surface area contributed by atoms with Crippen LogP contribution in [0.3, 0.4) is 0 Å². The minimum absolute atomic E-state index is 0.345. The van der Waals surface area contributed by atoms with Gasteiger partial charge in [0.05, 0.1) is 17.7 Å². The molecule has 2 heteroatoms. The van der Waals surface area contributed by atoms with E-state index in [1.165, 1.54) is 0 Å². The van der Waals surface area contributed by atoms with Gasteiger partial charge in [0.2, 0.25) is 0 Å². The number of hydrogen-bond donors (Lipinski definition) is 1. The fourth-order valence-corrected chi connectivity index (χ4v) is 2.08. The number of benzene rings is 1. The van der Waals surface area contributed by atoms with Crippen molar-refractivity contribution >= 4 is 0 Å². The third kappa shape index (κ3) is 0.976. The third-order valence-electron chi connectivity index (χ3n) is 2.72. The van der Waals surface area contributed by atoms with Gasteiger partial charge in [0.25, 0.3) is 0 Å². The molecule has 1 aromatic rings. The molecule has 1 atom stereocenters. The molecule has 0 aliphatic heterocycles. The number of nitrogens with zero attached hydrogens (tertiary/aromatic N) is 1. The van der Waals surface area contributed by atoms with Crippen LogP contribution >= 0.6 is 0 Å². The lowest BCUT2D eigenvalue weighted by Gasteiger charge is -2.29. The van der Waals surface area contributed by atoms with E-state index in [0.29, 0.717) is 6.42 Å². The minimum atomic E-state index is -0.345. The Hall–Kier alpha value is -1.33. The van der Waals surface area contributed by atoms with E-state index in [1.54, 1.807) is 0 Å². The van der Waals surface area contributed by atoms with Gasteiger partial charge in [-0.1, -0.05) is 6.07 Å². The molecule has 0 amide bonds. The molecule has 0 bridgehead atoms. The Morgan fingerprint density at radius 2 is 2.15 bits per heavy atom. The topological polar surface area (TPSA) is 44.0 Å². The molecule has 0 spiro atoms. The molecule has 2 rings (SSSR count). The summed E-state index contributed by atoms with van der Waals surface area (Å²) in [6.07, 6.45) is 0.295. The van der Waals surface area contributed by atoms with Crippen molar-refractivity contribution in [2.24, 2.45) is 0 Å². The predicted molar refractivity (Wildman–Crippen MR) is 49.3 cm³/mol. The van der Waals surface area contributed by atoms with Crippen LogP contribution in [0.2, 0.25) is 0 Å². The van der Waals surface area contributed by atoms with Crippen LogP contribution in [0.5, 0.6) is 0 Å². The molecule has 13 heavy (non-hydrogen) atoms. The molecule has 1 N–H and O–H groups in total. The Morgan fingerprint density at radius 3 is 2.69 bits per heavy atom. The largest absolute Gasteiger partial charge is 0.388 e. The second-order valence-corrected chi connectivity index (χ2v) is 3.61. The summed E-state index contributed by atoms with van der Waals surface area (Å²) in [6, 6.07) is 4.16. The van der Waals surface area contributed by atoms with Gasteiger partial charge in [-0.2, -0.15) is 5.26 Å². The average Bonchev–Trinajstić information content (AvgIpc) is 2.01. The highest BCUT2D eigenvalue weighted by molar-refractivity contribution is 5.56. The van der Waals surface area contributed by atoms with E-state index in [-0.39, 0.29) is 6.10 Å². The van der Waals surface area contributed by atoms with Crippen LogP contribution in [0.4, 0.5) is 0 Å². The predicted octanol–water partition coefficient (Wildman–Crippen LogP) is 1.76. The van der Waals surface area contributed by atoms with Crippen LogP contribution in [0.25, 0.3) is 0 Å². The third-order valence-corrected chi connectivity index (χ3v) is 2.72. The number of nitriles is 1. The van der Waals surface area contributed by atoms with Crippen molar-refractivity contribution < 1.29 is 5.11 Å². The summed E-state index contributed by atoms with van der Waals surface area (Å²) in [4.78, 5) is 0. The number of aliphatic hydroxyl groups is 1. The summed E-state index contributed by atoms with van der Waals surface area (Å²) >= 11 is 0. The number of aliphatic hydroxyl groups excluding tert-OH is 1. The maximum atomic E-state index is 9.48. The quantitative estimate of drug-likeness (QED) is 0.649. The number of aryl methyl sites for hydroxylation is 2. The highest BCUT2D eigenvalue weighted by Crippen LogP contribution is 2.38. The molecule has 66 valence electrons. The van der Waals surface area contributed by atoms with Gasteiger partial charge in [0.15, 0.2) is 0 Å². The van der Waals surface area contributed by atoms with Crippen LogP contribution in [0.1, 0.15) is 33.9 Å². The van der Waals surface area contributed by atoms with Crippen molar-refractivity contribution in [2.75, 3.05) is 0 Å². The van der Waals surface area contributed by atoms with Crippen molar-refractivity contribution in [2.45, 2.75) is 26.4 Å². The summed E-state index contributed by atoms with van der Waals surface area (Å²) in [6.45, 7) is 3.92. The fraction of sp³-hybridized carbons (Fsp3) is 0.364. The van der Waals surface area contributed by atoms with Gasteiger partial charge in [-0.15, -0.1) is 0 Å². The molecule has 1 aliphatic carbocycles. The molecule has 1 unspecified atom stereocenters. The summed E-state index contributed by atoms with van der Waals surface area (Å²) < 4.78 is 0. The number of hydrogen-bond acceptors (Lipinski definition) is 2. The smallest absolute Gasteiger partial charge is 0.0997 e. The first kappa shape index (κ1) is 8.28. The Kier molecular flexibility index (Phi) is 1.64. The first-order valence-electron chi connectivity index (χ1n) is 4.36. The summed E-state index contributed by atoms with van der Waals surface area (Å²) in [5, 5.41) is 18.4. The van der Waals surface area contributed by atoms with Crippen LogP contribution < -0.4 is 0 Å². The summed E-state index contributed by atoms with van der Waals surface area (Å²) in [7, 11) is 0. The van der Waals surface area contributed by atoms with E-state index in [1.807, 2.05) is 19.9 Å². The van der Waals surface area contributed by atoms with E-state index >= 15 is 0 Å². The van der Waals surface area contributed by atoms with Crippen LogP contribution in [0, 0.1) is 25.2 Å². The van der Waals surface area contributed by atoms with E-state index in [0.717, 1.165) is 27.8 Å². The zero-order valence-electron chi connectivity index (χ0n) is 7.76. The maximum Gasteiger partial charge on any atom is 0.0997 e. The highest BCUT2D eigenvalue weighted by atomic mass is 16.3. The van der Waals surface area contributed by atoms with E-state index in [4.69, 9.17) is 5.26 Å². The van der Waals surface area contributed by atoms with Crippen molar-refractivity contribution in [1.29, 1.82) is 5.26 Å². The Labute approximate surface area is 77.4 Å². The Bertz CT molecular complexity index is 415. The lowest BCUT2D eigenvalue weighted by atomic mass is 9.78. The SMILES string of the molecule is Cc1cc(C)c2c(c1C#N)CC2O. The fourth-order valence-electron chi connectivity index (χ4n) is 2.08. The van der Waals surface area contributed by atoms with Crippen molar-refractivity contribution in [3.05, 3.63) is 33.9 Å². The van der Waals surface area contributed by atoms with Gasteiger partial charge in [-0.3, -0.25) is 0 Å². The molecule has 0 heterocycles. The van der Waals surface area contributed by atoms with Gasteiger partial charge in [0, 0.05) is 6.42 Å². The monoisotopic (exact) mass is 173 g/mol. The second-order valence-electron chi connectivity index (χ2n) is 3.61. The first-order valence-corrected chi connectivity index (χ1v) is 4.36. The standard InChI is InChI=1S/C11H11NO/c1-6-3-7(2)11-8(4-10(11)13)9(6)5-12/h3,10,13H,4H2,1-2H3. The molecule has 0 fully saturated rings. The molecule has 2 nitrogen and oxygen atoms in total. The van der Waals surface area contributed by atoms with Crippen LogP contribution in [0.15, 0.2) is 6.07 Å². The molecule has 0 aromatic heterocycles. The zero-order chi connectivity index (χ0) is 9.59. The maximum absolute atomic E-state index is 9.48. The van der Waals surface area contributed by atoms with Gasteiger partial charge in [0.1, 0.15) is 0 Å². The molecular formula is C11H11NO. The first-order chi connectivity index (χ1) is 6.15. The molecule has 1 aliphatic rings. The lowest BCUT2D eigenvalue weighted by molar-refractivity contribution is 0.152. The van der Waals surface area contributed by atoms with Crippen LogP contribution in [-0.4, -0.2) is 5.11 Å². The van der Waals surface area contributed by atoms with E-state index in [2.05, 4.69) is 6.07 Å². The minimum Gasteiger partial charge on any atom is -0.388 e. The Morgan fingerprint density at radius 1 is 1.46 bits per heavy atom. The molecule has 1 aromatic carbocycles. The Balaban J connectivity index is 2.71. The summed E-state index contributed by atoms with van der Waals surface area (Å²) in [5.74, 6) is 0. The van der Waals surface area contributed by atoms with E-state index < -0.39 is 0 Å². The molecule has 0 saturated heterocycles. The summed E-state index contributed by atoms with van der Waals surface area (Å²) in [5.41, 5.74) is 4.90. The molecular weight excluding hydrogens is 162 g/mol. The molecule has 0 saturated carbocycles. The van der Waals surface area contributed by atoms with Crippen molar-refractivity contribution in [3.8, 4) is 6.07 Å². The van der Waals surface area contributed by atoms with Crippen LogP contribution in [-0.2, 0) is 6.42 Å². The van der Waals surface area contributed by atoms with Gasteiger partial charge >= 0.3 is 0 Å². The normalized spacial score (nSPS) is 18.8. The number of fused-ring (bicyclic) bond motifs is 1. The van der Waals surface area contributed by atoms with Gasteiger partial charge in [-0.25, -0.2) is 0 Å². The van der Waals surface area contributed by atoms with Gasteiger partial charge in [-0.05, 0) is 36.1 Å².